The van der Waals surface area contributed by atoms with Crippen molar-refractivity contribution >= 4 is 33.2 Å². The Morgan fingerprint density at radius 3 is 2.43 bits per heavy atom. The highest BCUT2D eigenvalue weighted by Gasteiger charge is 2.30. The fourth-order valence-corrected chi connectivity index (χ4v) is 2.26. The monoisotopic (exact) mass is 350 g/mol. The van der Waals surface area contributed by atoms with E-state index in [1.54, 1.807) is 44.2 Å². The molecule has 0 aliphatic carbocycles. The number of anilines is 2. The summed E-state index contributed by atoms with van der Waals surface area (Å²) < 4.78 is 14.4. The first kappa shape index (κ1) is 15.5. The molecule has 2 rings (SSSR count). The van der Waals surface area contributed by atoms with Gasteiger partial charge in [0.15, 0.2) is 0 Å². The van der Waals surface area contributed by atoms with Gasteiger partial charge >= 0.3 is 0 Å². The second kappa shape index (κ2) is 5.85. The topological polar surface area (TPSA) is 55.1 Å². The van der Waals surface area contributed by atoms with Gasteiger partial charge in [0.05, 0.1) is 11.1 Å². The molecule has 5 heteroatoms. The number of benzene rings is 2. The van der Waals surface area contributed by atoms with Crippen LogP contribution in [0.3, 0.4) is 0 Å². The van der Waals surface area contributed by atoms with Crippen LogP contribution in [0.2, 0.25) is 0 Å². The van der Waals surface area contributed by atoms with E-state index in [1.807, 2.05) is 0 Å². The summed E-state index contributed by atoms with van der Waals surface area (Å²) in [4.78, 5) is 12.5. The highest BCUT2D eigenvalue weighted by Crippen LogP contribution is 2.27. The number of amides is 1. The fourth-order valence-electron chi connectivity index (χ4n) is 1.90. The minimum Gasteiger partial charge on any atom is -0.399 e. The Hall–Kier alpha value is -1.88. The quantitative estimate of drug-likeness (QED) is 0.819. The molecule has 3 N–H and O–H groups in total. The van der Waals surface area contributed by atoms with Crippen LogP contribution in [0.5, 0.6) is 0 Å². The molecule has 2 aromatic carbocycles. The number of rotatable bonds is 3. The summed E-state index contributed by atoms with van der Waals surface area (Å²) in [5.74, 6) is -0.760. The highest BCUT2D eigenvalue weighted by atomic mass is 79.9. The van der Waals surface area contributed by atoms with Gasteiger partial charge in [0, 0.05) is 10.2 Å². The second-order valence-electron chi connectivity index (χ2n) is 5.33. The van der Waals surface area contributed by atoms with Crippen LogP contribution < -0.4 is 11.1 Å². The summed E-state index contributed by atoms with van der Waals surface area (Å²) in [5.41, 5.74) is 6.44. The number of carbonyl (C=O) groups is 1. The van der Waals surface area contributed by atoms with E-state index in [9.17, 15) is 9.18 Å². The molecule has 21 heavy (non-hydrogen) atoms. The minimum absolute atomic E-state index is 0.151. The van der Waals surface area contributed by atoms with Crippen LogP contribution in [0.15, 0.2) is 46.9 Å². The summed E-state index contributed by atoms with van der Waals surface area (Å²) in [6.07, 6.45) is 0. The number of hydrogen-bond acceptors (Lipinski definition) is 2. The fraction of sp³-hybridized carbons (Fsp3) is 0.188. The average Bonchev–Trinajstić information content (AvgIpc) is 2.43. The number of halogens is 2. The maximum absolute atomic E-state index is 13.7. The van der Waals surface area contributed by atoms with E-state index in [0.717, 1.165) is 5.56 Å². The van der Waals surface area contributed by atoms with Crippen LogP contribution >= 0.6 is 15.9 Å². The number of nitrogens with one attached hydrogen (secondary N) is 1. The van der Waals surface area contributed by atoms with Crippen LogP contribution in [0, 0.1) is 5.82 Å². The Balaban J connectivity index is 2.26. The predicted octanol–water partition coefficient (Wildman–Crippen LogP) is 4.09. The summed E-state index contributed by atoms with van der Waals surface area (Å²) in [6, 6.07) is 11.5. The molecule has 110 valence electrons. The summed E-state index contributed by atoms with van der Waals surface area (Å²) in [5, 5.41) is 2.63. The molecular weight excluding hydrogens is 335 g/mol. The number of hydrogen-bond donors (Lipinski definition) is 2. The Bertz CT molecular complexity index is 668. The van der Waals surface area contributed by atoms with Gasteiger partial charge in [-0.15, -0.1) is 0 Å². The largest absolute Gasteiger partial charge is 0.399 e. The van der Waals surface area contributed by atoms with E-state index < -0.39 is 11.2 Å². The molecule has 0 aliphatic heterocycles. The van der Waals surface area contributed by atoms with Crippen LogP contribution in [0.25, 0.3) is 0 Å². The molecule has 1 amide bonds. The summed E-state index contributed by atoms with van der Waals surface area (Å²) in [7, 11) is 0. The third-order valence-corrected chi connectivity index (χ3v) is 3.87. The zero-order valence-corrected chi connectivity index (χ0v) is 13.4. The minimum atomic E-state index is -0.803. The van der Waals surface area contributed by atoms with Crippen LogP contribution in [0.1, 0.15) is 19.4 Å². The number of nitrogens with two attached hydrogens (primary N) is 1. The lowest BCUT2D eigenvalue weighted by molar-refractivity contribution is -0.120. The Labute approximate surface area is 131 Å². The van der Waals surface area contributed by atoms with E-state index in [-0.39, 0.29) is 11.6 Å². The van der Waals surface area contributed by atoms with Gasteiger partial charge in [-0.25, -0.2) is 4.39 Å². The highest BCUT2D eigenvalue weighted by molar-refractivity contribution is 9.10. The van der Waals surface area contributed by atoms with Gasteiger partial charge in [0.25, 0.3) is 0 Å². The molecule has 0 saturated heterocycles. The molecule has 0 atom stereocenters. The van der Waals surface area contributed by atoms with Gasteiger partial charge in [-0.05, 0) is 49.7 Å². The van der Waals surface area contributed by atoms with E-state index in [2.05, 4.69) is 21.2 Å². The molecular formula is C16H16BrFN2O. The van der Waals surface area contributed by atoms with Crippen molar-refractivity contribution in [1.82, 2.24) is 0 Å². The van der Waals surface area contributed by atoms with Crippen molar-refractivity contribution in [2.45, 2.75) is 19.3 Å². The van der Waals surface area contributed by atoms with Gasteiger partial charge in [-0.3, -0.25) is 4.79 Å². The molecule has 0 spiro atoms. The van der Waals surface area contributed by atoms with Crippen molar-refractivity contribution in [3.05, 3.63) is 58.3 Å². The SMILES string of the molecule is CC(C)(C(=O)Nc1cc(Br)ccc1F)c1ccc(N)cc1. The van der Waals surface area contributed by atoms with E-state index in [0.29, 0.717) is 10.2 Å². The Morgan fingerprint density at radius 1 is 1.19 bits per heavy atom. The van der Waals surface area contributed by atoms with E-state index in [4.69, 9.17) is 5.73 Å². The van der Waals surface area contributed by atoms with Gasteiger partial charge in [-0.1, -0.05) is 28.1 Å². The summed E-state index contributed by atoms with van der Waals surface area (Å²) >= 11 is 3.26. The number of nitrogen functional groups attached to an aromatic ring is 1. The maximum atomic E-state index is 13.7. The van der Waals surface area contributed by atoms with Gasteiger partial charge in [-0.2, -0.15) is 0 Å². The number of carbonyl (C=O) groups excluding carboxylic acids is 1. The first-order valence-corrected chi connectivity index (χ1v) is 7.22. The lowest BCUT2D eigenvalue weighted by Gasteiger charge is -2.24. The van der Waals surface area contributed by atoms with Crippen LogP contribution in [-0.4, -0.2) is 5.91 Å². The van der Waals surface area contributed by atoms with E-state index in [1.165, 1.54) is 12.1 Å². The molecule has 2 aromatic rings. The third-order valence-electron chi connectivity index (χ3n) is 3.38. The van der Waals surface area contributed by atoms with Gasteiger partial charge in [0.1, 0.15) is 5.82 Å². The smallest absolute Gasteiger partial charge is 0.234 e. The van der Waals surface area contributed by atoms with Gasteiger partial charge < -0.3 is 11.1 Å². The standard InChI is InChI=1S/C16H16BrFN2O/c1-16(2,10-3-6-12(19)7-4-10)15(21)20-14-9-11(17)5-8-13(14)18/h3-9H,19H2,1-2H3,(H,20,21). The zero-order valence-electron chi connectivity index (χ0n) is 11.8. The maximum Gasteiger partial charge on any atom is 0.234 e. The summed E-state index contributed by atoms with van der Waals surface area (Å²) in [6.45, 7) is 3.56. The first-order valence-electron chi connectivity index (χ1n) is 6.43. The normalized spacial score (nSPS) is 11.2. The molecule has 0 unspecified atom stereocenters. The van der Waals surface area contributed by atoms with Crippen molar-refractivity contribution in [2.75, 3.05) is 11.1 Å². The molecule has 0 bridgehead atoms. The average molecular weight is 351 g/mol. The zero-order chi connectivity index (χ0) is 15.6. The van der Waals surface area contributed by atoms with Crippen molar-refractivity contribution in [1.29, 1.82) is 0 Å². The van der Waals surface area contributed by atoms with Crippen molar-refractivity contribution < 1.29 is 9.18 Å². The molecule has 0 radical (unpaired) electrons. The molecule has 0 aliphatic rings. The van der Waals surface area contributed by atoms with Crippen molar-refractivity contribution in [3.63, 3.8) is 0 Å². The molecule has 3 nitrogen and oxygen atoms in total. The predicted molar refractivity (Wildman–Crippen MR) is 86.6 cm³/mol. The third kappa shape index (κ3) is 3.42. The first-order chi connectivity index (χ1) is 9.80. The van der Waals surface area contributed by atoms with Gasteiger partial charge in [0.2, 0.25) is 5.91 Å². The molecule has 0 heterocycles. The van der Waals surface area contributed by atoms with Crippen LogP contribution in [-0.2, 0) is 10.2 Å². The van der Waals surface area contributed by atoms with Crippen LogP contribution in [0.4, 0.5) is 15.8 Å². The van der Waals surface area contributed by atoms with Crippen molar-refractivity contribution in [2.24, 2.45) is 0 Å². The second-order valence-corrected chi connectivity index (χ2v) is 6.24. The lowest BCUT2D eigenvalue weighted by Crippen LogP contribution is -2.35. The van der Waals surface area contributed by atoms with E-state index >= 15 is 0 Å². The molecule has 0 saturated carbocycles. The Kier molecular flexibility index (Phi) is 4.32. The molecule has 0 fully saturated rings. The lowest BCUT2D eigenvalue weighted by atomic mass is 9.83. The van der Waals surface area contributed by atoms with Crippen molar-refractivity contribution in [3.8, 4) is 0 Å². The molecule has 0 aromatic heterocycles. The Morgan fingerprint density at radius 2 is 1.81 bits per heavy atom.